The molecule has 1 aliphatic heterocycles. The Bertz CT molecular complexity index is 709. The molecule has 1 fully saturated rings. The molecule has 0 aliphatic carbocycles. The molecule has 3 unspecified atom stereocenters. The van der Waals surface area contributed by atoms with Gasteiger partial charge in [0.1, 0.15) is 6.23 Å². The van der Waals surface area contributed by atoms with E-state index in [0.717, 1.165) is 12.8 Å². The number of aromatic amines is 1. The van der Waals surface area contributed by atoms with Crippen LogP contribution in [0.3, 0.4) is 0 Å². The Morgan fingerprint density at radius 3 is 2.79 bits per heavy atom. The molecule has 0 spiro atoms. The van der Waals surface area contributed by atoms with Gasteiger partial charge in [-0.3, -0.25) is 9.78 Å². The lowest BCUT2D eigenvalue weighted by Crippen LogP contribution is -2.21. The number of ether oxygens (including phenoxy) is 2. The number of anilines is 1. The number of nitrogen functional groups attached to an aromatic ring is 1. The van der Waals surface area contributed by atoms with Gasteiger partial charge in [-0.15, -0.1) is 0 Å². The highest BCUT2D eigenvalue weighted by Crippen LogP contribution is 2.36. The minimum Gasteiger partial charge on any atom is -0.382 e. The molecule has 1 saturated heterocycles. The van der Waals surface area contributed by atoms with Crippen LogP contribution in [0.1, 0.15) is 46.3 Å². The van der Waals surface area contributed by atoms with Crippen molar-refractivity contribution in [3.05, 3.63) is 22.6 Å². The maximum absolute atomic E-state index is 11.9. The summed E-state index contributed by atoms with van der Waals surface area (Å²) in [6.45, 7) is 6.97. The number of H-pyrrole nitrogens is 1. The Hall–Kier alpha value is -1.86. The summed E-state index contributed by atoms with van der Waals surface area (Å²) in [5.74, 6) is 0.553. The molecule has 0 saturated carbocycles. The van der Waals surface area contributed by atoms with Gasteiger partial charge in [-0.1, -0.05) is 33.6 Å². The van der Waals surface area contributed by atoms with Crippen LogP contribution in [0.25, 0.3) is 11.0 Å². The summed E-state index contributed by atoms with van der Waals surface area (Å²) in [6.07, 6.45) is 4.92. The van der Waals surface area contributed by atoms with E-state index in [2.05, 4.69) is 30.7 Å². The van der Waals surface area contributed by atoms with Crippen LogP contribution in [0.2, 0.25) is 0 Å². The summed E-state index contributed by atoms with van der Waals surface area (Å²) in [4.78, 5) is 18.6. The highest BCUT2D eigenvalue weighted by atomic mass is 16.5. The number of methoxy groups -OCH3 is 1. The number of nitrogens with one attached hydrogen (secondary N) is 1. The molecule has 0 amide bonds. The first kappa shape index (κ1) is 18.5. The van der Waals surface area contributed by atoms with Gasteiger partial charge in [-0.2, -0.15) is 4.98 Å². The summed E-state index contributed by atoms with van der Waals surface area (Å²) in [7, 11) is 1.68. The van der Waals surface area contributed by atoms with Crippen LogP contribution in [0, 0.1) is 5.92 Å². The van der Waals surface area contributed by atoms with Crippen LogP contribution in [-0.2, 0) is 9.47 Å². The van der Waals surface area contributed by atoms with Crippen molar-refractivity contribution in [2.75, 3.05) is 19.5 Å². The third-order valence-electron chi connectivity index (χ3n) is 4.13. The van der Waals surface area contributed by atoms with Crippen molar-refractivity contribution in [1.29, 1.82) is 0 Å². The van der Waals surface area contributed by atoms with Crippen molar-refractivity contribution < 1.29 is 9.47 Å². The second kappa shape index (κ2) is 8.30. The third-order valence-corrected chi connectivity index (χ3v) is 4.13. The zero-order chi connectivity index (χ0) is 17.7. The fraction of sp³-hybridized carbons (Fsp3) is 0.647. The van der Waals surface area contributed by atoms with Gasteiger partial charge in [0, 0.05) is 13.3 Å². The Morgan fingerprint density at radius 2 is 2.17 bits per heavy atom. The molecule has 3 N–H and O–H groups in total. The Labute approximate surface area is 142 Å². The summed E-state index contributed by atoms with van der Waals surface area (Å²) < 4.78 is 13.2. The van der Waals surface area contributed by atoms with E-state index in [1.807, 2.05) is 10.8 Å². The van der Waals surface area contributed by atoms with Gasteiger partial charge >= 0.3 is 0 Å². The lowest BCUT2D eigenvalue weighted by Gasteiger charge is -2.16. The highest BCUT2D eigenvalue weighted by molar-refractivity contribution is 5.76. The van der Waals surface area contributed by atoms with Gasteiger partial charge in [-0.05, 0) is 18.4 Å². The van der Waals surface area contributed by atoms with Gasteiger partial charge in [-0.25, -0.2) is 0 Å². The molecule has 3 rings (SSSR count). The molecule has 0 bridgehead atoms. The van der Waals surface area contributed by atoms with Crippen molar-refractivity contribution in [3.63, 3.8) is 0 Å². The largest absolute Gasteiger partial charge is 0.382 e. The number of hydrogen-bond donors (Lipinski definition) is 2. The van der Waals surface area contributed by atoms with E-state index >= 15 is 0 Å². The predicted molar refractivity (Wildman–Crippen MR) is 94.9 cm³/mol. The molecule has 24 heavy (non-hydrogen) atoms. The van der Waals surface area contributed by atoms with Gasteiger partial charge in [0.05, 0.1) is 18.1 Å². The minimum atomic E-state index is -0.227. The average molecular weight is 336 g/mol. The summed E-state index contributed by atoms with van der Waals surface area (Å²) in [6, 6.07) is 1.74. The van der Waals surface area contributed by atoms with Crippen LogP contribution in [0.15, 0.2) is 17.1 Å². The maximum atomic E-state index is 11.9. The quantitative estimate of drug-likeness (QED) is 0.895. The van der Waals surface area contributed by atoms with Crippen LogP contribution in [-0.4, -0.2) is 34.4 Å². The lowest BCUT2D eigenvalue weighted by atomic mass is 9.98. The molecule has 3 heterocycles. The fourth-order valence-corrected chi connectivity index (χ4v) is 3.02. The standard InChI is InChI=1S/C14H20N4O3.C3H8/c1-3-8-6-11(21-10(8)7-20-2)18-5-4-9-12(18)16-14(15)17-13(9)19;1-3-2/h4-5,8,10-11H,3,6-7H2,1-2H3,(H3,15,16,17,19);3H2,1-2H3. The minimum absolute atomic E-state index is 0.0711. The molecule has 3 atom stereocenters. The molecule has 7 nitrogen and oxygen atoms in total. The summed E-state index contributed by atoms with van der Waals surface area (Å²) in [5, 5.41) is 0.524. The van der Waals surface area contributed by atoms with E-state index in [9.17, 15) is 4.79 Å². The SMILES string of the molecule is CCC.CCC1CC(n2ccc3c(=O)[nH]c(N)nc32)OC1COC. The van der Waals surface area contributed by atoms with Gasteiger partial charge < -0.3 is 19.8 Å². The summed E-state index contributed by atoms with van der Waals surface area (Å²) in [5.41, 5.74) is 5.98. The van der Waals surface area contributed by atoms with Crippen LogP contribution in [0.5, 0.6) is 0 Å². The van der Waals surface area contributed by atoms with E-state index in [0.29, 0.717) is 23.6 Å². The predicted octanol–water partition coefficient (Wildman–Crippen LogP) is 2.68. The molecule has 7 heteroatoms. The van der Waals surface area contributed by atoms with E-state index in [1.54, 1.807) is 13.2 Å². The van der Waals surface area contributed by atoms with Crippen LogP contribution >= 0.6 is 0 Å². The first-order chi connectivity index (χ1) is 11.5. The second-order valence-corrected chi connectivity index (χ2v) is 6.11. The monoisotopic (exact) mass is 336 g/mol. The van der Waals surface area contributed by atoms with Crippen LogP contribution < -0.4 is 11.3 Å². The van der Waals surface area contributed by atoms with E-state index < -0.39 is 0 Å². The van der Waals surface area contributed by atoms with E-state index in [1.165, 1.54) is 6.42 Å². The Morgan fingerprint density at radius 1 is 1.46 bits per heavy atom. The first-order valence-electron chi connectivity index (χ1n) is 8.56. The summed E-state index contributed by atoms with van der Waals surface area (Å²) >= 11 is 0. The fourth-order valence-electron chi connectivity index (χ4n) is 3.02. The topological polar surface area (TPSA) is 95.2 Å². The van der Waals surface area contributed by atoms with E-state index in [4.69, 9.17) is 15.2 Å². The number of aromatic nitrogens is 3. The zero-order valence-corrected chi connectivity index (χ0v) is 14.9. The normalized spacial score (nSPS) is 23.2. The Balaban J connectivity index is 0.000000647. The van der Waals surface area contributed by atoms with Gasteiger partial charge in [0.2, 0.25) is 5.95 Å². The number of fused-ring (bicyclic) bond motifs is 1. The van der Waals surface area contributed by atoms with Gasteiger partial charge in [0.15, 0.2) is 5.65 Å². The Kier molecular flexibility index (Phi) is 6.39. The highest BCUT2D eigenvalue weighted by Gasteiger charge is 2.35. The molecular weight excluding hydrogens is 308 g/mol. The van der Waals surface area contributed by atoms with Crippen molar-refractivity contribution in [3.8, 4) is 0 Å². The van der Waals surface area contributed by atoms with Crippen molar-refractivity contribution >= 4 is 17.0 Å². The molecule has 134 valence electrons. The molecular formula is C17H28N4O3. The molecule has 2 aromatic heterocycles. The van der Waals surface area contributed by atoms with Crippen molar-refractivity contribution in [2.24, 2.45) is 5.92 Å². The number of rotatable bonds is 4. The number of nitrogens with two attached hydrogens (primary N) is 1. The lowest BCUT2D eigenvalue weighted by molar-refractivity contribution is -0.0386. The average Bonchev–Trinajstić information content (AvgIpc) is 3.12. The number of hydrogen-bond acceptors (Lipinski definition) is 5. The van der Waals surface area contributed by atoms with E-state index in [-0.39, 0.29) is 23.8 Å². The molecule has 0 radical (unpaired) electrons. The van der Waals surface area contributed by atoms with Crippen molar-refractivity contribution in [1.82, 2.24) is 14.5 Å². The van der Waals surface area contributed by atoms with Gasteiger partial charge in [0.25, 0.3) is 5.56 Å². The molecule has 2 aromatic rings. The smallest absolute Gasteiger partial charge is 0.261 e. The molecule has 0 aromatic carbocycles. The second-order valence-electron chi connectivity index (χ2n) is 6.11. The third kappa shape index (κ3) is 3.79. The van der Waals surface area contributed by atoms with Crippen LogP contribution in [0.4, 0.5) is 5.95 Å². The first-order valence-corrected chi connectivity index (χ1v) is 8.56. The maximum Gasteiger partial charge on any atom is 0.261 e. The molecule has 1 aliphatic rings. The zero-order valence-electron chi connectivity index (χ0n) is 14.9. The van der Waals surface area contributed by atoms with Crippen molar-refractivity contribution in [2.45, 2.75) is 52.4 Å². The number of nitrogens with zero attached hydrogens (tertiary/aromatic N) is 2.